The number of nitrogens with zero attached hydrogens (tertiary/aromatic N) is 2. The van der Waals surface area contributed by atoms with Gasteiger partial charge >= 0.3 is 0 Å². The normalized spacial score (nSPS) is 14.1. The molecule has 124 valence electrons. The largest absolute Gasteiger partial charge is 0.290 e. The fourth-order valence-electron chi connectivity index (χ4n) is 3.17. The SMILES string of the molecule is Cn1c(SCc2cccc(Br)c2)nc2sc3c(c2c1=O)CCCC3. The first-order valence-electron chi connectivity index (χ1n) is 8.02. The van der Waals surface area contributed by atoms with Crippen LogP contribution in [0.4, 0.5) is 0 Å². The zero-order chi connectivity index (χ0) is 16.7. The number of hydrogen-bond donors (Lipinski definition) is 0. The van der Waals surface area contributed by atoms with Crippen molar-refractivity contribution in [1.82, 2.24) is 9.55 Å². The Hall–Kier alpha value is -1.11. The van der Waals surface area contributed by atoms with Crippen molar-refractivity contribution in [2.75, 3.05) is 0 Å². The molecule has 3 nitrogen and oxygen atoms in total. The van der Waals surface area contributed by atoms with Crippen LogP contribution in [0.3, 0.4) is 0 Å². The molecule has 0 saturated heterocycles. The van der Waals surface area contributed by atoms with Crippen molar-refractivity contribution in [1.29, 1.82) is 0 Å². The molecule has 0 atom stereocenters. The lowest BCUT2D eigenvalue weighted by Crippen LogP contribution is -2.20. The third-order valence-corrected chi connectivity index (χ3v) is 7.19. The highest BCUT2D eigenvalue weighted by Gasteiger charge is 2.21. The molecule has 0 saturated carbocycles. The zero-order valence-corrected chi connectivity index (χ0v) is 16.6. The number of aryl methyl sites for hydroxylation is 2. The van der Waals surface area contributed by atoms with Gasteiger partial charge in [0.2, 0.25) is 0 Å². The second kappa shape index (κ2) is 6.65. The zero-order valence-electron chi connectivity index (χ0n) is 13.3. The maximum absolute atomic E-state index is 12.9. The highest BCUT2D eigenvalue weighted by molar-refractivity contribution is 9.10. The highest BCUT2D eigenvalue weighted by atomic mass is 79.9. The van der Waals surface area contributed by atoms with Crippen LogP contribution in [0.5, 0.6) is 0 Å². The van der Waals surface area contributed by atoms with Gasteiger partial charge < -0.3 is 0 Å². The van der Waals surface area contributed by atoms with E-state index in [9.17, 15) is 4.79 Å². The minimum Gasteiger partial charge on any atom is -0.290 e. The van der Waals surface area contributed by atoms with Gasteiger partial charge in [-0.15, -0.1) is 11.3 Å². The monoisotopic (exact) mass is 420 g/mol. The van der Waals surface area contributed by atoms with E-state index in [0.717, 1.165) is 38.4 Å². The van der Waals surface area contributed by atoms with Gasteiger partial charge in [0.1, 0.15) is 4.83 Å². The second-order valence-corrected chi connectivity index (χ2v) is 9.01. The number of halogens is 1. The van der Waals surface area contributed by atoms with Crippen molar-refractivity contribution in [2.24, 2.45) is 7.05 Å². The molecule has 0 fully saturated rings. The average Bonchev–Trinajstić information content (AvgIpc) is 2.95. The lowest BCUT2D eigenvalue weighted by molar-refractivity contribution is 0.695. The summed E-state index contributed by atoms with van der Waals surface area (Å²) in [6.07, 6.45) is 4.53. The molecule has 0 N–H and O–H groups in total. The molecule has 0 bridgehead atoms. The van der Waals surface area contributed by atoms with Crippen molar-refractivity contribution in [3.8, 4) is 0 Å². The molecule has 0 amide bonds. The van der Waals surface area contributed by atoms with E-state index >= 15 is 0 Å². The molecule has 0 unspecified atom stereocenters. The lowest BCUT2D eigenvalue weighted by atomic mass is 9.97. The third-order valence-electron chi connectivity index (χ3n) is 4.41. The standard InChI is InChI=1S/C18H17BrN2OS2/c1-21-17(22)15-13-7-2-3-8-14(13)24-16(15)20-18(21)23-10-11-5-4-6-12(19)9-11/h4-6,9H,2-3,7-8,10H2,1H3. The van der Waals surface area contributed by atoms with E-state index in [0.29, 0.717) is 0 Å². The molecule has 1 aliphatic carbocycles. The van der Waals surface area contributed by atoms with E-state index in [1.807, 2.05) is 19.2 Å². The van der Waals surface area contributed by atoms with Crippen LogP contribution in [0.15, 0.2) is 38.7 Å². The number of hydrogen-bond acceptors (Lipinski definition) is 4. The predicted molar refractivity (Wildman–Crippen MR) is 105 cm³/mol. The fraction of sp³-hybridized carbons (Fsp3) is 0.333. The lowest BCUT2D eigenvalue weighted by Gasteiger charge is -2.11. The summed E-state index contributed by atoms with van der Waals surface area (Å²) in [5.41, 5.74) is 2.59. The summed E-state index contributed by atoms with van der Waals surface area (Å²) in [5.74, 6) is 0.802. The van der Waals surface area contributed by atoms with Crippen LogP contribution in [0, 0.1) is 0 Å². The van der Waals surface area contributed by atoms with E-state index < -0.39 is 0 Å². The minimum absolute atomic E-state index is 0.108. The molecule has 1 aliphatic rings. The van der Waals surface area contributed by atoms with Crippen molar-refractivity contribution in [3.63, 3.8) is 0 Å². The Morgan fingerprint density at radius 1 is 1.33 bits per heavy atom. The summed E-state index contributed by atoms with van der Waals surface area (Å²) in [7, 11) is 1.84. The Balaban J connectivity index is 1.71. The Labute approximate surface area is 157 Å². The van der Waals surface area contributed by atoms with Crippen LogP contribution in [-0.4, -0.2) is 9.55 Å². The first-order valence-corrected chi connectivity index (χ1v) is 10.6. The average molecular weight is 421 g/mol. The number of aromatic nitrogens is 2. The Morgan fingerprint density at radius 3 is 3.00 bits per heavy atom. The van der Waals surface area contributed by atoms with Crippen molar-refractivity contribution >= 4 is 49.2 Å². The Morgan fingerprint density at radius 2 is 2.17 bits per heavy atom. The Bertz CT molecular complexity index is 977. The molecule has 3 aromatic rings. The first kappa shape index (κ1) is 16.4. The van der Waals surface area contributed by atoms with Gasteiger partial charge in [-0.2, -0.15) is 0 Å². The minimum atomic E-state index is 0.108. The fourth-order valence-corrected chi connectivity index (χ4v) is 5.83. The molecule has 24 heavy (non-hydrogen) atoms. The van der Waals surface area contributed by atoms with Crippen molar-refractivity contribution in [3.05, 3.63) is 55.1 Å². The molecule has 4 rings (SSSR count). The van der Waals surface area contributed by atoms with Crippen LogP contribution in [0.25, 0.3) is 10.2 Å². The van der Waals surface area contributed by atoms with Crippen LogP contribution >= 0.6 is 39.0 Å². The van der Waals surface area contributed by atoms with Gasteiger partial charge in [0, 0.05) is 22.2 Å². The molecule has 0 radical (unpaired) electrons. The van der Waals surface area contributed by atoms with E-state index in [-0.39, 0.29) is 5.56 Å². The topological polar surface area (TPSA) is 34.9 Å². The van der Waals surface area contributed by atoms with Gasteiger partial charge in [0.15, 0.2) is 5.16 Å². The summed E-state index contributed by atoms with van der Waals surface area (Å²) in [4.78, 5) is 20.0. The van der Waals surface area contributed by atoms with Crippen LogP contribution in [0.2, 0.25) is 0 Å². The maximum Gasteiger partial charge on any atom is 0.262 e. The molecule has 2 heterocycles. The molecule has 2 aromatic heterocycles. The number of rotatable bonds is 3. The van der Waals surface area contributed by atoms with Crippen LogP contribution in [0.1, 0.15) is 28.8 Å². The first-order chi connectivity index (χ1) is 11.6. The molecule has 6 heteroatoms. The summed E-state index contributed by atoms with van der Waals surface area (Å²) < 4.78 is 2.79. The van der Waals surface area contributed by atoms with E-state index in [4.69, 9.17) is 4.98 Å². The summed E-state index contributed by atoms with van der Waals surface area (Å²) >= 11 is 6.84. The van der Waals surface area contributed by atoms with E-state index in [2.05, 4.69) is 28.1 Å². The molecular formula is C18H17BrN2OS2. The molecular weight excluding hydrogens is 404 g/mol. The van der Waals surface area contributed by atoms with Crippen molar-refractivity contribution in [2.45, 2.75) is 36.6 Å². The number of benzene rings is 1. The van der Waals surface area contributed by atoms with Gasteiger partial charge in [-0.25, -0.2) is 4.98 Å². The number of thioether (sulfide) groups is 1. The van der Waals surface area contributed by atoms with E-state index in [1.54, 1.807) is 27.7 Å². The van der Waals surface area contributed by atoms with Gasteiger partial charge in [-0.3, -0.25) is 9.36 Å². The van der Waals surface area contributed by atoms with Gasteiger partial charge in [0.25, 0.3) is 5.56 Å². The smallest absolute Gasteiger partial charge is 0.262 e. The van der Waals surface area contributed by atoms with E-state index in [1.165, 1.54) is 28.8 Å². The van der Waals surface area contributed by atoms with Crippen LogP contribution < -0.4 is 5.56 Å². The molecule has 0 aliphatic heterocycles. The quantitative estimate of drug-likeness (QED) is 0.444. The predicted octanol–water partition coefficient (Wildman–Crippen LogP) is 4.93. The van der Waals surface area contributed by atoms with Gasteiger partial charge in [-0.05, 0) is 48.9 Å². The van der Waals surface area contributed by atoms with Crippen molar-refractivity contribution < 1.29 is 0 Å². The van der Waals surface area contributed by atoms with Gasteiger partial charge in [0.05, 0.1) is 5.39 Å². The molecule has 1 aromatic carbocycles. The van der Waals surface area contributed by atoms with Crippen LogP contribution in [-0.2, 0) is 25.6 Å². The summed E-state index contributed by atoms with van der Waals surface area (Å²) in [6.45, 7) is 0. The maximum atomic E-state index is 12.9. The second-order valence-electron chi connectivity index (χ2n) is 6.07. The highest BCUT2D eigenvalue weighted by Crippen LogP contribution is 2.34. The molecule has 0 spiro atoms. The number of thiophene rings is 1. The summed E-state index contributed by atoms with van der Waals surface area (Å²) in [6, 6.07) is 8.25. The third kappa shape index (κ3) is 2.95. The number of fused-ring (bicyclic) bond motifs is 3. The summed E-state index contributed by atoms with van der Waals surface area (Å²) in [5, 5.41) is 1.66. The van der Waals surface area contributed by atoms with Gasteiger partial charge in [-0.1, -0.05) is 39.8 Å². The Kier molecular flexibility index (Phi) is 4.54.